The van der Waals surface area contributed by atoms with Gasteiger partial charge in [0.25, 0.3) is 5.91 Å². The Hall–Kier alpha value is -2.31. The molecule has 1 fully saturated rings. The molecule has 0 N–H and O–H groups in total. The summed E-state index contributed by atoms with van der Waals surface area (Å²) in [6, 6.07) is 0. The van der Waals surface area contributed by atoms with Gasteiger partial charge in [-0.25, -0.2) is 4.98 Å². The summed E-state index contributed by atoms with van der Waals surface area (Å²) in [5, 5.41) is 8.68. The summed E-state index contributed by atoms with van der Waals surface area (Å²) in [5.41, 5.74) is 1.25. The highest BCUT2D eigenvalue weighted by Crippen LogP contribution is 2.29. The largest absolute Gasteiger partial charge is 0.337 e. The molecule has 0 unspecified atom stereocenters. The Balaban J connectivity index is 1.42. The average Bonchev–Trinajstić information content (AvgIpc) is 3.18. The monoisotopic (exact) mass is 312 g/mol. The van der Waals surface area contributed by atoms with Crippen molar-refractivity contribution in [3.63, 3.8) is 0 Å². The molecule has 0 radical (unpaired) electrons. The molecule has 0 bridgehead atoms. The van der Waals surface area contributed by atoms with Crippen LogP contribution in [0.25, 0.3) is 0 Å². The molecule has 0 spiro atoms. The van der Waals surface area contributed by atoms with Crippen molar-refractivity contribution in [3.8, 4) is 0 Å². The van der Waals surface area contributed by atoms with Crippen molar-refractivity contribution in [2.45, 2.75) is 45.1 Å². The number of nitrogens with zero attached hydrogens (tertiary/aromatic N) is 6. The van der Waals surface area contributed by atoms with Crippen LogP contribution in [0.2, 0.25) is 0 Å². The Kier molecular flexibility index (Phi) is 3.55. The Labute approximate surface area is 134 Å². The summed E-state index contributed by atoms with van der Waals surface area (Å²) >= 11 is 0. The van der Waals surface area contributed by atoms with Gasteiger partial charge in [0.1, 0.15) is 17.3 Å². The van der Waals surface area contributed by atoms with E-state index >= 15 is 0 Å². The standard InChI is InChI=1S/C16H20N6O/c1-11-9-18-13(10-17-11)16(23)21-7-4-12(5-8-21)15-20-19-14-3-2-6-22(14)15/h9-10,12H,2-8H2,1H3. The van der Waals surface area contributed by atoms with Crippen molar-refractivity contribution in [3.05, 3.63) is 35.4 Å². The number of aryl methyl sites for hydroxylation is 2. The normalized spacial score (nSPS) is 18.2. The molecular weight excluding hydrogens is 292 g/mol. The smallest absolute Gasteiger partial charge is 0.274 e. The van der Waals surface area contributed by atoms with Gasteiger partial charge in [0.2, 0.25) is 0 Å². The number of piperidine rings is 1. The molecule has 0 saturated carbocycles. The first-order valence-electron chi connectivity index (χ1n) is 8.22. The maximum absolute atomic E-state index is 12.5. The molecule has 23 heavy (non-hydrogen) atoms. The highest BCUT2D eigenvalue weighted by molar-refractivity contribution is 5.92. The predicted octanol–water partition coefficient (Wildman–Crippen LogP) is 1.34. The Morgan fingerprint density at radius 1 is 1.13 bits per heavy atom. The average molecular weight is 312 g/mol. The molecule has 7 heteroatoms. The zero-order chi connectivity index (χ0) is 15.8. The lowest BCUT2D eigenvalue weighted by atomic mass is 9.95. The minimum atomic E-state index is -0.0255. The van der Waals surface area contributed by atoms with E-state index in [0.29, 0.717) is 11.6 Å². The SMILES string of the molecule is Cc1cnc(C(=O)N2CCC(c3nnc4n3CCC4)CC2)cn1. The number of carbonyl (C=O) groups is 1. The zero-order valence-corrected chi connectivity index (χ0v) is 13.3. The number of likely N-dealkylation sites (tertiary alicyclic amines) is 1. The van der Waals surface area contributed by atoms with Gasteiger partial charge >= 0.3 is 0 Å². The van der Waals surface area contributed by atoms with Gasteiger partial charge in [0.15, 0.2) is 0 Å². The van der Waals surface area contributed by atoms with Gasteiger partial charge < -0.3 is 9.47 Å². The van der Waals surface area contributed by atoms with Crippen LogP contribution in [0.1, 0.15) is 53.0 Å². The third kappa shape index (κ3) is 2.60. The molecule has 0 atom stereocenters. The molecule has 0 aromatic carbocycles. The van der Waals surface area contributed by atoms with E-state index in [1.54, 1.807) is 12.4 Å². The van der Waals surface area contributed by atoms with Crippen molar-refractivity contribution in [1.29, 1.82) is 0 Å². The molecule has 1 amide bonds. The maximum atomic E-state index is 12.5. The Morgan fingerprint density at radius 2 is 1.96 bits per heavy atom. The minimum Gasteiger partial charge on any atom is -0.337 e. The third-order valence-corrected chi connectivity index (χ3v) is 4.79. The molecule has 2 aromatic rings. The number of hydrogen-bond acceptors (Lipinski definition) is 5. The summed E-state index contributed by atoms with van der Waals surface area (Å²) in [7, 11) is 0. The quantitative estimate of drug-likeness (QED) is 0.836. The lowest BCUT2D eigenvalue weighted by Gasteiger charge is -2.31. The van der Waals surface area contributed by atoms with Crippen molar-refractivity contribution < 1.29 is 4.79 Å². The Bertz CT molecular complexity index is 715. The molecule has 7 nitrogen and oxygen atoms in total. The Morgan fingerprint density at radius 3 is 2.70 bits per heavy atom. The van der Waals surface area contributed by atoms with E-state index in [4.69, 9.17) is 0 Å². The van der Waals surface area contributed by atoms with Crippen LogP contribution in [-0.4, -0.2) is 48.6 Å². The van der Waals surface area contributed by atoms with Crippen molar-refractivity contribution in [2.75, 3.05) is 13.1 Å². The number of hydrogen-bond donors (Lipinski definition) is 0. The van der Waals surface area contributed by atoms with Crippen LogP contribution >= 0.6 is 0 Å². The van der Waals surface area contributed by atoms with E-state index in [9.17, 15) is 4.79 Å². The molecule has 120 valence electrons. The van der Waals surface area contributed by atoms with Gasteiger partial charge in [-0.15, -0.1) is 10.2 Å². The first kappa shape index (κ1) is 14.3. The maximum Gasteiger partial charge on any atom is 0.274 e. The van der Waals surface area contributed by atoms with E-state index in [1.165, 1.54) is 6.42 Å². The number of amides is 1. The van der Waals surface area contributed by atoms with Crippen molar-refractivity contribution in [1.82, 2.24) is 29.6 Å². The molecule has 4 rings (SSSR count). The van der Waals surface area contributed by atoms with Crippen molar-refractivity contribution >= 4 is 5.91 Å². The van der Waals surface area contributed by atoms with Crippen LogP contribution < -0.4 is 0 Å². The van der Waals surface area contributed by atoms with Crippen LogP contribution in [0, 0.1) is 6.92 Å². The van der Waals surface area contributed by atoms with Gasteiger partial charge in [-0.1, -0.05) is 0 Å². The van der Waals surface area contributed by atoms with Gasteiger partial charge in [0.05, 0.1) is 11.9 Å². The molecular formula is C16H20N6O. The predicted molar refractivity (Wildman–Crippen MR) is 83.0 cm³/mol. The van der Waals surface area contributed by atoms with Crippen LogP contribution in [-0.2, 0) is 13.0 Å². The first-order valence-corrected chi connectivity index (χ1v) is 8.22. The molecule has 2 aliphatic heterocycles. The summed E-state index contributed by atoms with van der Waals surface area (Å²) in [6.45, 7) is 4.38. The van der Waals surface area contributed by atoms with Crippen LogP contribution in [0.4, 0.5) is 0 Å². The zero-order valence-electron chi connectivity index (χ0n) is 13.3. The highest BCUT2D eigenvalue weighted by Gasteiger charge is 2.29. The summed E-state index contributed by atoms with van der Waals surface area (Å²) < 4.78 is 2.27. The lowest BCUT2D eigenvalue weighted by Crippen LogP contribution is -2.38. The first-order chi connectivity index (χ1) is 11.2. The fourth-order valence-electron chi connectivity index (χ4n) is 3.48. The van der Waals surface area contributed by atoms with E-state index in [0.717, 1.165) is 56.2 Å². The highest BCUT2D eigenvalue weighted by atomic mass is 16.2. The van der Waals surface area contributed by atoms with E-state index in [1.807, 2.05) is 11.8 Å². The summed E-state index contributed by atoms with van der Waals surface area (Å²) in [4.78, 5) is 22.7. The van der Waals surface area contributed by atoms with Gasteiger partial charge in [0, 0.05) is 38.2 Å². The van der Waals surface area contributed by atoms with Crippen LogP contribution in [0.15, 0.2) is 12.4 Å². The molecule has 2 aromatic heterocycles. The minimum absolute atomic E-state index is 0.0255. The number of fused-ring (bicyclic) bond motifs is 1. The van der Waals surface area contributed by atoms with Crippen LogP contribution in [0.3, 0.4) is 0 Å². The summed E-state index contributed by atoms with van der Waals surface area (Å²) in [5.74, 6) is 2.61. The fourth-order valence-corrected chi connectivity index (χ4v) is 3.48. The molecule has 0 aliphatic carbocycles. The van der Waals surface area contributed by atoms with Gasteiger partial charge in [-0.3, -0.25) is 9.78 Å². The topological polar surface area (TPSA) is 76.8 Å². The number of rotatable bonds is 2. The lowest BCUT2D eigenvalue weighted by molar-refractivity contribution is 0.0704. The molecule has 4 heterocycles. The summed E-state index contributed by atoms with van der Waals surface area (Å²) in [6.07, 6.45) is 7.28. The second kappa shape index (κ2) is 5.72. The second-order valence-corrected chi connectivity index (χ2v) is 6.34. The van der Waals surface area contributed by atoms with Crippen molar-refractivity contribution in [2.24, 2.45) is 0 Å². The second-order valence-electron chi connectivity index (χ2n) is 6.34. The van der Waals surface area contributed by atoms with E-state index in [2.05, 4.69) is 24.7 Å². The van der Waals surface area contributed by atoms with Crippen LogP contribution in [0.5, 0.6) is 0 Å². The number of carbonyl (C=O) groups excluding carboxylic acids is 1. The molecule has 2 aliphatic rings. The number of aromatic nitrogens is 5. The van der Waals surface area contributed by atoms with E-state index in [-0.39, 0.29) is 5.91 Å². The van der Waals surface area contributed by atoms with E-state index < -0.39 is 0 Å². The fraction of sp³-hybridized carbons (Fsp3) is 0.562. The van der Waals surface area contributed by atoms with Gasteiger partial charge in [-0.05, 0) is 26.2 Å². The molecule has 1 saturated heterocycles. The van der Waals surface area contributed by atoms with Gasteiger partial charge in [-0.2, -0.15) is 0 Å². The third-order valence-electron chi connectivity index (χ3n) is 4.79.